The summed E-state index contributed by atoms with van der Waals surface area (Å²) in [6.07, 6.45) is 0.451. The summed E-state index contributed by atoms with van der Waals surface area (Å²) in [6.45, 7) is 2.08. The van der Waals surface area contributed by atoms with Crippen molar-refractivity contribution < 1.29 is 5.11 Å². The first-order valence-electron chi connectivity index (χ1n) is 4.36. The van der Waals surface area contributed by atoms with E-state index in [2.05, 4.69) is 0 Å². The van der Waals surface area contributed by atoms with Crippen LogP contribution >= 0.6 is 23.2 Å². The Morgan fingerprint density at radius 3 is 2.64 bits per heavy atom. The van der Waals surface area contributed by atoms with Gasteiger partial charge in [-0.25, -0.2) is 0 Å². The first-order valence-corrected chi connectivity index (χ1v) is 5.11. The lowest BCUT2D eigenvalue weighted by atomic mass is 9.92. The van der Waals surface area contributed by atoms with Crippen LogP contribution in [0, 0.1) is 0 Å². The van der Waals surface area contributed by atoms with Crippen LogP contribution in [0.5, 0.6) is 0 Å². The zero-order chi connectivity index (χ0) is 10.8. The van der Waals surface area contributed by atoms with Crippen LogP contribution in [0.25, 0.3) is 0 Å². The quantitative estimate of drug-likeness (QED) is 0.844. The summed E-state index contributed by atoms with van der Waals surface area (Å²) in [5.74, 6) is 0. The van der Waals surface area contributed by atoms with Crippen LogP contribution < -0.4 is 5.73 Å². The van der Waals surface area contributed by atoms with E-state index in [-0.39, 0.29) is 0 Å². The van der Waals surface area contributed by atoms with Crippen molar-refractivity contribution in [1.29, 1.82) is 0 Å². The highest BCUT2D eigenvalue weighted by molar-refractivity contribution is 6.42. The van der Waals surface area contributed by atoms with Crippen LogP contribution in [0.3, 0.4) is 0 Å². The van der Waals surface area contributed by atoms with Gasteiger partial charge in [0.15, 0.2) is 0 Å². The van der Waals surface area contributed by atoms with Crippen molar-refractivity contribution in [2.75, 3.05) is 6.54 Å². The summed E-state index contributed by atoms with van der Waals surface area (Å²) in [4.78, 5) is 0. The Balaban J connectivity index is 3.12. The predicted octanol–water partition coefficient (Wildman–Crippen LogP) is 2.55. The SMILES string of the molecule is CC(O)(CCN)c1cccc(Cl)c1Cl. The van der Waals surface area contributed by atoms with E-state index >= 15 is 0 Å². The van der Waals surface area contributed by atoms with Crippen LogP contribution in [-0.2, 0) is 5.60 Å². The molecule has 0 amide bonds. The lowest BCUT2D eigenvalue weighted by molar-refractivity contribution is 0.0505. The number of halogens is 2. The Hall–Kier alpha value is -0.280. The van der Waals surface area contributed by atoms with Gasteiger partial charge in [0.1, 0.15) is 0 Å². The fourth-order valence-electron chi connectivity index (χ4n) is 1.34. The van der Waals surface area contributed by atoms with Gasteiger partial charge >= 0.3 is 0 Å². The molecule has 3 N–H and O–H groups in total. The van der Waals surface area contributed by atoms with E-state index in [0.29, 0.717) is 28.6 Å². The van der Waals surface area contributed by atoms with Gasteiger partial charge in [0.05, 0.1) is 15.6 Å². The van der Waals surface area contributed by atoms with Crippen molar-refractivity contribution in [3.8, 4) is 0 Å². The fraction of sp³-hybridized carbons (Fsp3) is 0.400. The number of nitrogens with two attached hydrogens (primary N) is 1. The van der Waals surface area contributed by atoms with Crippen molar-refractivity contribution in [3.63, 3.8) is 0 Å². The molecule has 1 unspecified atom stereocenters. The molecule has 0 bridgehead atoms. The van der Waals surface area contributed by atoms with Crippen molar-refractivity contribution >= 4 is 23.2 Å². The molecule has 0 saturated heterocycles. The summed E-state index contributed by atoms with van der Waals surface area (Å²) in [6, 6.07) is 5.20. The highest BCUT2D eigenvalue weighted by Crippen LogP contribution is 2.34. The topological polar surface area (TPSA) is 46.2 Å². The Morgan fingerprint density at radius 1 is 1.43 bits per heavy atom. The van der Waals surface area contributed by atoms with E-state index in [1.807, 2.05) is 0 Å². The molecule has 0 radical (unpaired) electrons. The van der Waals surface area contributed by atoms with Crippen LogP contribution in [0.4, 0.5) is 0 Å². The van der Waals surface area contributed by atoms with Crippen LogP contribution in [0.15, 0.2) is 18.2 Å². The molecule has 1 aromatic carbocycles. The molecule has 0 heterocycles. The Kier molecular flexibility index (Phi) is 3.78. The summed E-state index contributed by atoms with van der Waals surface area (Å²) in [5.41, 5.74) is 5.01. The first kappa shape index (κ1) is 11.8. The minimum atomic E-state index is -1.02. The van der Waals surface area contributed by atoms with Crippen LogP contribution in [0.1, 0.15) is 18.9 Å². The van der Waals surface area contributed by atoms with E-state index in [9.17, 15) is 5.11 Å². The molecule has 0 aromatic heterocycles. The molecule has 0 spiro atoms. The summed E-state index contributed by atoms with van der Waals surface area (Å²) in [5, 5.41) is 10.9. The predicted molar refractivity (Wildman–Crippen MR) is 59.7 cm³/mol. The molecule has 0 aliphatic heterocycles. The van der Waals surface area contributed by atoms with Crippen LogP contribution in [-0.4, -0.2) is 11.7 Å². The monoisotopic (exact) mass is 233 g/mol. The first-order chi connectivity index (χ1) is 6.49. The van der Waals surface area contributed by atoms with Crippen LogP contribution in [0.2, 0.25) is 10.0 Å². The maximum absolute atomic E-state index is 10.1. The standard InChI is InChI=1S/C10H13Cl2NO/c1-10(14,5-6-13)7-3-2-4-8(11)9(7)12/h2-4,14H,5-6,13H2,1H3. The summed E-state index contributed by atoms with van der Waals surface area (Å²) < 4.78 is 0. The minimum Gasteiger partial charge on any atom is -0.385 e. The lowest BCUT2D eigenvalue weighted by Crippen LogP contribution is -2.25. The van der Waals surface area contributed by atoms with Crippen molar-refractivity contribution in [2.24, 2.45) is 5.73 Å². The zero-order valence-electron chi connectivity index (χ0n) is 7.93. The second-order valence-corrected chi connectivity index (χ2v) is 4.20. The Bertz CT molecular complexity index is 326. The van der Waals surface area contributed by atoms with Gasteiger partial charge in [0.2, 0.25) is 0 Å². The average molecular weight is 234 g/mol. The van der Waals surface area contributed by atoms with Crippen molar-refractivity contribution in [2.45, 2.75) is 18.9 Å². The van der Waals surface area contributed by atoms with Gasteiger partial charge in [0.25, 0.3) is 0 Å². The molecule has 1 rings (SSSR count). The number of hydrogen-bond donors (Lipinski definition) is 2. The van der Waals surface area contributed by atoms with E-state index in [1.165, 1.54) is 0 Å². The number of rotatable bonds is 3. The number of benzene rings is 1. The second-order valence-electron chi connectivity index (χ2n) is 3.41. The second kappa shape index (κ2) is 4.49. The molecule has 0 aliphatic rings. The number of hydrogen-bond acceptors (Lipinski definition) is 2. The zero-order valence-corrected chi connectivity index (χ0v) is 9.44. The maximum Gasteiger partial charge on any atom is 0.0895 e. The molecule has 4 heteroatoms. The van der Waals surface area contributed by atoms with E-state index in [4.69, 9.17) is 28.9 Å². The van der Waals surface area contributed by atoms with E-state index in [1.54, 1.807) is 25.1 Å². The average Bonchev–Trinajstić information content (AvgIpc) is 2.09. The van der Waals surface area contributed by atoms with Crippen molar-refractivity contribution in [3.05, 3.63) is 33.8 Å². The molecular weight excluding hydrogens is 221 g/mol. The summed E-state index contributed by atoms with van der Waals surface area (Å²) >= 11 is 11.8. The maximum atomic E-state index is 10.1. The van der Waals surface area contributed by atoms with Gasteiger partial charge in [-0.3, -0.25) is 0 Å². The Labute approximate surface area is 93.6 Å². The molecule has 2 nitrogen and oxygen atoms in total. The Morgan fingerprint density at radius 2 is 2.07 bits per heavy atom. The van der Waals surface area contributed by atoms with E-state index < -0.39 is 5.60 Å². The van der Waals surface area contributed by atoms with Gasteiger partial charge in [0, 0.05) is 5.56 Å². The molecule has 0 saturated carbocycles. The largest absolute Gasteiger partial charge is 0.385 e. The molecule has 0 aliphatic carbocycles. The molecule has 1 atom stereocenters. The molecular formula is C10H13Cl2NO. The highest BCUT2D eigenvalue weighted by Gasteiger charge is 2.25. The minimum absolute atomic E-state index is 0.396. The van der Waals surface area contributed by atoms with Gasteiger partial charge in [-0.1, -0.05) is 35.3 Å². The summed E-state index contributed by atoms with van der Waals surface area (Å²) in [7, 11) is 0. The third-order valence-corrected chi connectivity index (χ3v) is 2.98. The van der Waals surface area contributed by atoms with Gasteiger partial charge in [-0.2, -0.15) is 0 Å². The van der Waals surface area contributed by atoms with Gasteiger partial charge in [-0.15, -0.1) is 0 Å². The number of aliphatic hydroxyl groups is 1. The third-order valence-electron chi connectivity index (χ3n) is 2.16. The molecule has 0 fully saturated rings. The fourth-order valence-corrected chi connectivity index (χ4v) is 1.84. The smallest absolute Gasteiger partial charge is 0.0895 e. The molecule has 78 valence electrons. The van der Waals surface area contributed by atoms with Gasteiger partial charge in [-0.05, 0) is 26.0 Å². The molecule has 14 heavy (non-hydrogen) atoms. The third kappa shape index (κ3) is 2.39. The van der Waals surface area contributed by atoms with Gasteiger partial charge < -0.3 is 10.8 Å². The highest BCUT2D eigenvalue weighted by atomic mass is 35.5. The van der Waals surface area contributed by atoms with Crippen molar-refractivity contribution in [1.82, 2.24) is 0 Å². The van der Waals surface area contributed by atoms with E-state index in [0.717, 1.165) is 0 Å². The normalized spacial score (nSPS) is 15.2. The lowest BCUT2D eigenvalue weighted by Gasteiger charge is -2.24. The molecule has 1 aromatic rings.